The molecule has 1 aromatic rings. The Kier molecular flexibility index (Phi) is 2.83. The van der Waals surface area contributed by atoms with Crippen molar-refractivity contribution < 1.29 is 4.79 Å². The zero-order valence-electron chi connectivity index (χ0n) is 9.03. The lowest BCUT2D eigenvalue weighted by Gasteiger charge is -2.09. The maximum Gasteiger partial charge on any atom is 0.123 e. The van der Waals surface area contributed by atoms with Crippen molar-refractivity contribution in [2.45, 2.75) is 26.2 Å². The second kappa shape index (κ2) is 3.97. The van der Waals surface area contributed by atoms with Gasteiger partial charge in [0.15, 0.2) is 0 Å². The van der Waals surface area contributed by atoms with Crippen LogP contribution in [0.3, 0.4) is 0 Å². The van der Waals surface area contributed by atoms with E-state index in [0.29, 0.717) is 10.9 Å². The Hall–Kier alpha value is -0.830. The van der Waals surface area contributed by atoms with Crippen LogP contribution in [0.2, 0.25) is 5.02 Å². The molecular weight excluding hydrogens is 212 g/mol. The van der Waals surface area contributed by atoms with Gasteiger partial charge in [0.2, 0.25) is 0 Å². The number of rotatable bonds is 4. The lowest BCUT2D eigenvalue weighted by molar-refractivity contribution is -0.111. The summed E-state index contributed by atoms with van der Waals surface area (Å²) >= 11 is 6.14. The maximum absolute atomic E-state index is 10.9. The van der Waals surface area contributed by atoms with Crippen molar-refractivity contribution in [3.63, 3.8) is 0 Å². The van der Waals surface area contributed by atoms with E-state index in [1.165, 1.54) is 12.8 Å². The molecule has 0 amide bonds. The topological polar surface area (TPSA) is 34.9 Å². The molecule has 1 aliphatic carbocycles. The number of hydrogen-bond acceptors (Lipinski definition) is 2. The van der Waals surface area contributed by atoms with E-state index in [9.17, 15) is 4.79 Å². The third kappa shape index (κ3) is 2.07. The van der Waals surface area contributed by atoms with Crippen molar-refractivity contribution >= 4 is 17.9 Å². The Labute approximate surface area is 94.4 Å². The van der Waals surface area contributed by atoms with Crippen molar-refractivity contribution in [2.24, 2.45) is 18.9 Å². The van der Waals surface area contributed by atoms with Gasteiger partial charge in [0.25, 0.3) is 0 Å². The molecule has 82 valence electrons. The molecule has 1 fully saturated rings. The number of hydrogen-bond donors (Lipinski definition) is 0. The number of nitrogens with zero attached hydrogens (tertiary/aromatic N) is 2. The van der Waals surface area contributed by atoms with Gasteiger partial charge in [0, 0.05) is 19.4 Å². The highest BCUT2D eigenvalue weighted by atomic mass is 35.5. The molecule has 0 spiro atoms. The van der Waals surface area contributed by atoms with Crippen LogP contribution in [0.5, 0.6) is 0 Å². The summed E-state index contributed by atoms with van der Waals surface area (Å²) in [4.78, 5) is 10.9. The highest BCUT2D eigenvalue weighted by molar-refractivity contribution is 6.31. The molecule has 1 atom stereocenters. The second-order valence-electron chi connectivity index (χ2n) is 4.31. The molecule has 1 heterocycles. The van der Waals surface area contributed by atoms with Crippen LogP contribution >= 0.6 is 11.6 Å². The maximum atomic E-state index is 10.9. The Morgan fingerprint density at radius 2 is 2.33 bits per heavy atom. The molecule has 0 radical (unpaired) electrons. The van der Waals surface area contributed by atoms with Crippen LogP contribution in [0.25, 0.3) is 0 Å². The lowest BCUT2D eigenvalue weighted by atomic mass is 9.99. The molecule has 0 N–H and O–H groups in total. The number of aryl methyl sites for hydroxylation is 2. The first-order valence-electron chi connectivity index (χ1n) is 5.26. The van der Waals surface area contributed by atoms with Gasteiger partial charge in [-0.1, -0.05) is 11.6 Å². The predicted molar refractivity (Wildman–Crippen MR) is 58.9 cm³/mol. The van der Waals surface area contributed by atoms with Gasteiger partial charge in [0.05, 0.1) is 16.4 Å². The number of aldehydes is 1. The van der Waals surface area contributed by atoms with Crippen molar-refractivity contribution in [3.8, 4) is 0 Å². The summed E-state index contributed by atoms with van der Waals surface area (Å²) in [5.74, 6) is 0.700. The molecular formula is C11H15ClN2O. The summed E-state index contributed by atoms with van der Waals surface area (Å²) in [6, 6.07) is 0. The smallest absolute Gasteiger partial charge is 0.123 e. The van der Waals surface area contributed by atoms with Gasteiger partial charge >= 0.3 is 0 Å². The highest BCUT2D eigenvalue weighted by Gasteiger charge is 2.32. The van der Waals surface area contributed by atoms with Crippen LogP contribution in [0, 0.1) is 18.8 Å². The molecule has 0 saturated heterocycles. The molecule has 1 saturated carbocycles. The monoisotopic (exact) mass is 226 g/mol. The van der Waals surface area contributed by atoms with Crippen LogP contribution in [-0.2, 0) is 18.3 Å². The second-order valence-corrected chi connectivity index (χ2v) is 4.69. The van der Waals surface area contributed by atoms with Crippen molar-refractivity contribution in [2.75, 3.05) is 0 Å². The molecule has 1 aliphatic rings. The van der Waals surface area contributed by atoms with E-state index >= 15 is 0 Å². The van der Waals surface area contributed by atoms with E-state index in [1.807, 2.05) is 14.0 Å². The Morgan fingerprint density at radius 1 is 1.67 bits per heavy atom. The average Bonchev–Trinajstić information content (AvgIpc) is 2.98. The Morgan fingerprint density at radius 3 is 2.73 bits per heavy atom. The standard InChI is InChI=1S/C11H15ClN2O/c1-7-11(12)10(14(2)13-7)5-9(6-15)8-3-4-8/h6,8-9H,3-5H2,1-2H3. The fourth-order valence-corrected chi connectivity index (χ4v) is 2.21. The normalized spacial score (nSPS) is 17.8. The van der Waals surface area contributed by atoms with Crippen LogP contribution in [0.4, 0.5) is 0 Å². The fourth-order valence-electron chi connectivity index (χ4n) is 1.98. The zero-order chi connectivity index (χ0) is 11.0. The van der Waals surface area contributed by atoms with E-state index in [-0.39, 0.29) is 5.92 Å². The van der Waals surface area contributed by atoms with Crippen LogP contribution < -0.4 is 0 Å². The summed E-state index contributed by atoms with van der Waals surface area (Å²) in [5.41, 5.74) is 1.83. The first-order chi connectivity index (χ1) is 7.13. The van der Waals surface area contributed by atoms with Gasteiger partial charge in [-0.05, 0) is 25.7 Å². The van der Waals surface area contributed by atoms with Crippen LogP contribution in [0.1, 0.15) is 24.2 Å². The lowest BCUT2D eigenvalue weighted by Crippen LogP contribution is -2.11. The largest absolute Gasteiger partial charge is 0.303 e. The number of carbonyl (C=O) groups is 1. The number of carbonyl (C=O) groups excluding carboxylic acids is 1. The van der Waals surface area contributed by atoms with Crippen LogP contribution in [-0.4, -0.2) is 16.1 Å². The van der Waals surface area contributed by atoms with Gasteiger partial charge in [-0.3, -0.25) is 4.68 Å². The van der Waals surface area contributed by atoms with Gasteiger partial charge < -0.3 is 4.79 Å². The molecule has 15 heavy (non-hydrogen) atoms. The first-order valence-corrected chi connectivity index (χ1v) is 5.64. The fraction of sp³-hybridized carbons (Fsp3) is 0.636. The quantitative estimate of drug-likeness (QED) is 0.738. The van der Waals surface area contributed by atoms with E-state index in [2.05, 4.69) is 5.10 Å². The minimum Gasteiger partial charge on any atom is -0.303 e. The summed E-state index contributed by atoms with van der Waals surface area (Å²) < 4.78 is 1.79. The number of halogens is 1. The SMILES string of the molecule is Cc1nn(C)c(CC(C=O)C2CC2)c1Cl. The van der Waals surface area contributed by atoms with Gasteiger partial charge in [-0.25, -0.2) is 0 Å². The van der Waals surface area contributed by atoms with Crippen molar-refractivity contribution in [1.29, 1.82) is 0 Å². The third-order valence-corrected chi connectivity index (χ3v) is 3.58. The van der Waals surface area contributed by atoms with Crippen molar-refractivity contribution in [3.05, 3.63) is 16.4 Å². The minimum atomic E-state index is 0.122. The molecule has 4 heteroatoms. The van der Waals surface area contributed by atoms with Crippen molar-refractivity contribution in [1.82, 2.24) is 9.78 Å². The Balaban J connectivity index is 2.18. The summed E-state index contributed by atoms with van der Waals surface area (Å²) in [6.07, 6.45) is 4.15. The molecule has 0 aromatic carbocycles. The van der Waals surface area contributed by atoms with E-state index in [0.717, 1.165) is 24.1 Å². The van der Waals surface area contributed by atoms with Gasteiger partial charge in [0.1, 0.15) is 6.29 Å². The molecule has 1 aromatic heterocycles. The molecule has 0 aliphatic heterocycles. The average molecular weight is 227 g/mol. The summed E-state index contributed by atoms with van der Waals surface area (Å²) in [6.45, 7) is 1.89. The van der Waals surface area contributed by atoms with Gasteiger partial charge in [-0.2, -0.15) is 5.10 Å². The highest BCUT2D eigenvalue weighted by Crippen LogP contribution is 2.38. The predicted octanol–water partition coefficient (Wildman–Crippen LogP) is 2.15. The first kappa shape index (κ1) is 10.7. The van der Waals surface area contributed by atoms with E-state index < -0.39 is 0 Å². The van der Waals surface area contributed by atoms with Crippen LogP contribution in [0.15, 0.2) is 0 Å². The third-order valence-electron chi connectivity index (χ3n) is 3.09. The minimum absolute atomic E-state index is 0.122. The summed E-state index contributed by atoms with van der Waals surface area (Å²) in [7, 11) is 1.88. The van der Waals surface area contributed by atoms with Gasteiger partial charge in [-0.15, -0.1) is 0 Å². The number of aromatic nitrogens is 2. The zero-order valence-corrected chi connectivity index (χ0v) is 9.79. The molecule has 3 nitrogen and oxygen atoms in total. The summed E-state index contributed by atoms with van der Waals surface area (Å²) in [5, 5.41) is 4.96. The molecule has 1 unspecified atom stereocenters. The van der Waals surface area contributed by atoms with E-state index in [1.54, 1.807) is 4.68 Å². The molecule has 2 rings (SSSR count). The van der Waals surface area contributed by atoms with E-state index in [4.69, 9.17) is 11.6 Å². The Bertz CT molecular complexity index is 382. The molecule has 0 bridgehead atoms.